The predicted octanol–water partition coefficient (Wildman–Crippen LogP) is 1.45. The van der Waals surface area contributed by atoms with Crippen LogP contribution in [-0.4, -0.2) is 24.2 Å². The van der Waals surface area contributed by atoms with E-state index in [1.165, 1.54) is 0 Å². The van der Waals surface area contributed by atoms with Crippen molar-refractivity contribution in [1.29, 1.82) is 0 Å². The highest BCUT2D eigenvalue weighted by Crippen LogP contribution is 2.21. The van der Waals surface area contributed by atoms with Crippen molar-refractivity contribution in [3.05, 3.63) is 29.3 Å². The molecule has 0 unspecified atom stereocenters. The highest BCUT2D eigenvalue weighted by Gasteiger charge is 2.10. The standard InChI is InChI=1S/C10H13NO3.ClH/c1-7-8(10(12)13)3-2-4-9(7)14-6-5-11;/h2-4H,5-6,11H2,1H3,(H,12,13);1H. The maximum atomic E-state index is 10.8. The molecule has 84 valence electrons. The number of hydrogen-bond acceptors (Lipinski definition) is 3. The van der Waals surface area contributed by atoms with Gasteiger partial charge in [0.05, 0.1) is 5.56 Å². The van der Waals surface area contributed by atoms with Gasteiger partial charge in [0.15, 0.2) is 0 Å². The molecule has 0 heterocycles. The largest absolute Gasteiger partial charge is 0.492 e. The van der Waals surface area contributed by atoms with E-state index in [4.69, 9.17) is 15.6 Å². The minimum atomic E-state index is -0.944. The van der Waals surface area contributed by atoms with Gasteiger partial charge in [-0.15, -0.1) is 12.4 Å². The van der Waals surface area contributed by atoms with Crippen LogP contribution in [0.15, 0.2) is 18.2 Å². The van der Waals surface area contributed by atoms with Gasteiger partial charge in [-0.2, -0.15) is 0 Å². The minimum absolute atomic E-state index is 0. The van der Waals surface area contributed by atoms with Crippen LogP contribution in [-0.2, 0) is 0 Å². The Morgan fingerprint density at radius 3 is 2.73 bits per heavy atom. The zero-order valence-corrected chi connectivity index (χ0v) is 9.21. The summed E-state index contributed by atoms with van der Waals surface area (Å²) >= 11 is 0. The molecule has 0 bridgehead atoms. The van der Waals surface area contributed by atoms with Crippen molar-refractivity contribution in [1.82, 2.24) is 0 Å². The van der Waals surface area contributed by atoms with Crippen LogP contribution >= 0.6 is 12.4 Å². The van der Waals surface area contributed by atoms with Crippen molar-refractivity contribution in [3.8, 4) is 5.75 Å². The molecule has 0 saturated heterocycles. The van der Waals surface area contributed by atoms with E-state index in [9.17, 15) is 4.79 Å². The fourth-order valence-corrected chi connectivity index (χ4v) is 1.17. The number of hydrogen-bond donors (Lipinski definition) is 2. The van der Waals surface area contributed by atoms with Crippen LogP contribution in [0.1, 0.15) is 15.9 Å². The molecule has 0 fully saturated rings. The molecule has 0 amide bonds. The fraction of sp³-hybridized carbons (Fsp3) is 0.300. The van der Waals surface area contributed by atoms with Crippen molar-refractivity contribution in [2.45, 2.75) is 6.92 Å². The number of benzene rings is 1. The first-order valence-electron chi connectivity index (χ1n) is 4.32. The van der Waals surface area contributed by atoms with Gasteiger partial charge in [-0.1, -0.05) is 6.07 Å². The van der Waals surface area contributed by atoms with Crippen LogP contribution < -0.4 is 10.5 Å². The van der Waals surface area contributed by atoms with Crippen LogP contribution in [0, 0.1) is 6.92 Å². The van der Waals surface area contributed by atoms with Crippen molar-refractivity contribution in [3.63, 3.8) is 0 Å². The number of aromatic carboxylic acids is 1. The Balaban J connectivity index is 0.00000196. The molecule has 0 spiro atoms. The Kier molecular flexibility index (Phi) is 5.74. The van der Waals surface area contributed by atoms with Crippen molar-refractivity contribution < 1.29 is 14.6 Å². The highest BCUT2D eigenvalue weighted by atomic mass is 35.5. The molecule has 0 aromatic heterocycles. The molecule has 1 aromatic rings. The first kappa shape index (κ1) is 13.7. The number of nitrogens with two attached hydrogens (primary N) is 1. The van der Waals surface area contributed by atoms with Crippen LogP contribution in [0.4, 0.5) is 0 Å². The lowest BCUT2D eigenvalue weighted by atomic mass is 10.1. The van der Waals surface area contributed by atoms with E-state index in [1.54, 1.807) is 25.1 Å². The molecule has 5 heteroatoms. The van der Waals surface area contributed by atoms with Gasteiger partial charge in [0.2, 0.25) is 0 Å². The minimum Gasteiger partial charge on any atom is -0.492 e. The van der Waals surface area contributed by atoms with Crippen molar-refractivity contribution >= 4 is 18.4 Å². The van der Waals surface area contributed by atoms with E-state index in [1.807, 2.05) is 0 Å². The normalized spacial score (nSPS) is 9.20. The number of halogens is 1. The van der Waals surface area contributed by atoms with Crippen LogP contribution in [0.5, 0.6) is 5.75 Å². The molecular weight excluding hydrogens is 218 g/mol. The van der Waals surface area contributed by atoms with E-state index in [0.717, 1.165) is 0 Å². The second-order valence-electron chi connectivity index (χ2n) is 2.87. The average Bonchev–Trinajstić information content (AvgIpc) is 2.16. The Hall–Kier alpha value is -1.26. The molecule has 0 aliphatic carbocycles. The van der Waals surface area contributed by atoms with Crippen LogP contribution in [0.2, 0.25) is 0 Å². The number of carboxylic acids is 1. The Bertz CT molecular complexity index is 341. The maximum Gasteiger partial charge on any atom is 0.336 e. The van der Waals surface area contributed by atoms with Gasteiger partial charge in [0.25, 0.3) is 0 Å². The van der Waals surface area contributed by atoms with E-state index < -0.39 is 5.97 Å². The third-order valence-electron chi connectivity index (χ3n) is 1.89. The van der Waals surface area contributed by atoms with Gasteiger partial charge in [-0.25, -0.2) is 4.79 Å². The first-order valence-corrected chi connectivity index (χ1v) is 4.32. The molecule has 0 saturated carbocycles. The summed E-state index contributed by atoms with van der Waals surface area (Å²) in [4.78, 5) is 10.8. The van der Waals surface area contributed by atoms with Crippen molar-refractivity contribution in [2.24, 2.45) is 5.73 Å². The number of ether oxygens (including phenoxy) is 1. The molecule has 1 aromatic carbocycles. The molecule has 4 nitrogen and oxygen atoms in total. The maximum absolute atomic E-state index is 10.8. The third-order valence-corrected chi connectivity index (χ3v) is 1.89. The molecular formula is C10H14ClNO3. The first-order chi connectivity index (χ1) is 6.66. The number of rotatable bonds is 4. The molecule has 0 radical (unpaired) electrons. The molecule has 1 rings (SSSR count). The van der Waals surface area contributed by atoms with E-state index >= 15 is 0 Å². The molecule has 0 aliphatic rings. The molecule has 3 N–H and O–H groups in total. The second-order valence-corrected chi connectivity index (χ2v) is 2.87. The van der Waals surface area contributed by atoms with E-state index in [-0.39, 0.29) is 18.0 Å². The summed E-state index contributed by atoms with van der Waals surface area (Å²) < 4.78 is 5.29. The quantitative estimate of drug-likeness (QED) is 0.823. The van der Waals surface area contributed by atoms with Crippen LogP contribution in [0.25, 0.3) is 0 Å². The van der Waals surface area contributed by atoms with Crippen LogP contribution in [0.3, 0.4) is 0 Å². The lowest BCUT2D eigenvalue weighted by Crippen LogP contribution is -2.12. The van der Waals surface area contributed by atoms with Gasteiger partial charge in [-0.05, 0) is 19.1 Å². The summed E-state index contributed by atoms with van der Waals surface area (Å²) in [5.41, 5.74) is 6.18. The second kappa shape index (κ2) is 6.27. The lowest BCUT2D eigenvalue weighted by Gasteiger charge is -2.09. The van der Waals surface area contributed by atoms with Crippen molar-refractivity contribution in [2.75, 3.05) is 13.2 Å². The smallest absolute Gasteiger partial charge is 0.336 e. The number of carboxylic acid groups (broad SMARTS) is 1. The Morgan fingerprint density at radius 1 is 1.53 bits per heavy atom. The molecule has 15 heavy (non-hydrogen) atoms. The summed E-state index contributed by atoms with van der Waals surface area (Å²) in [6.45, 7) is 2.52. The van der Waals surface area contributed by atoms with E-state index in [0.29, 0.717) is 24.5 Å². The van der Waals surface area contributed by atoms with Gasteiger partial charge < -0.3 is 15.6 Å². The van der Waals surface area contributed by atoms with Gasteiger partial charge in [-0.3, -0.25) is 0 Å². The molecule has 0 aliphatic heterocycles. The lowest BCUT2D eigenvalue weighted by molar-refractivity contribution is 0.0695. The zero-order chi connectivity index (χ0) is 10.6. The highest BCUT2D eigenvalue weighted by molar-refractivity contribution is 5.90. The molecule has 0 atom stereocenters. The van der Waals surface area contributed by atoms with E-state index in [2.05, 4.69) is 0 Å². The van der Waals surface area contributed by atoms with Gasteiger partial charge in [0, 0.05) is 12.1 Å². The summed E-state index contributed by atoms with van der Waals surface area (Å²) in [5, 5.41) is 8.84. The van der Waals surface area contributed by atoms with Gasteiger partial charge in [0.1, 0.15) is 12.4 Å². The summed E-state index contributed by atoms with van der Waals surface area (Å²) in [6.07, 6.45) is 0. The summed E-state index contributed by atoms with van der Waals surface area (Å²) in [5.74, 6) is -0.365. The summed E-state index contributed by atoms with van der Waals surface area (Å²) in [6, 6.07) is 4.94. The summed E-state index contributed by atoms with van der Waals surface area (Å²) in [7, 11) is 0. The van der Waals surface area contributed by atoms with Gasteiger partial charge >= 0.3 is 5.97 Å². The Labute approximate surface area is 94.5 Å². The fourth-order valence-electron chi connectivity index (χ4n) is 1.17. The predicted molar refractivity (Wildman–Crippen MR) is 59.9 cm³/mol. The third kappa shape index (κ3) is 3.42. The average molecular weight is 232 g/mol. The SMILES string of the molecule is Cc1c(OCCN)cccc1C(=O)O.Cl. The Morgan fingerprint density at radius 2 is 2.20 bits per heavy atom. The number of carbonyl (C=O) groups is 1. The monoisotopic (exact) mass is 231 g/mol. The zero-order valence-electron chi connectivity index (χ0n) is 8.40. The topological polar surface area (TPSA) is 72.5 Å².